The standard InChI is InChI=1S/C39H49N5O7/c1-21(2)19-42-35(46)27-15-13-24(18-29(27)49-12)30-31-33(43(11)32(30)26-16-14-25(40)17-22(26)3)28(23(4)45)20-41-34(31)44(36(47)50-38(5,6)7)37(48)51-39(8,9)10/h13-18,20-21H,19,40H2,1-12H3,(H,42,46). The van der Waals surface area contributed by atoms with E-state index in [1.165, 1.54) is 20.2 Å². The van der Waals surface area contributed by atoms with Crippen LogP contribution in [0.5, 0.6) is 5.75 Å². The summed E-state index contributed by atoms with van der Waals surface area (Å²) in [5, 5.41) is 3.23. The fraction of sp³-hybridized carbons (Fsp3) is 0.410. The number of imide groups is 1. The summed E-state index contributed by atoms with van der Waals surface area (Å²) in [4.78, 5) is 59.8. The first-order valence-corrected chi connectivity index (χ1v) is 16.8. The van der Waals surface area contributed by atoms with Gasteiger partial charge in [0.25, 0.3) is 5.91 Å². The minimum absolute atomic E-state index is 0.110. The Bertz CT molecular complexity index is 1990. The molecule has 0 spiro atoms. The number of pyridine rings is 1. The van der Waals surface area contributed by atoms with E-state index in [9.17, 15) is 19.2 Å². The predicted molar refractivity (Wildman–Crippen MR) is 199 cm³/mol. The van der Waals surface area contributed by atoms with E-state index in [0.29, 0.717) is 51.3 Å². The first-order valence-electron chi connectivity index (χ1n) is 16.8. The number of ether oxygens (including phenoxy) is 3. The molecule has 0 fully saturated rings. The van der Waals surface area contributed by atoms with Crippen molar-refractivity contribution in [2.24, 2.45) is 13.0 Å². The van der Waals surface area contributed by atoms with E-state index >= 15 is 0 Å². The van der Waals surface area contributed by atoms with Gasteiger partial charge in [-0.1, -0.05) is 26.0 Å². The van der Waals surface area contributed by atoms with Crippen LogP contribution < -0.4 is 20.7 Å². The van der Waals surface area contributed by atoms with Gasteiger partial charge in [-0.05, 0) is 96.7 Å². The molecule has 0 aliphatic heterocycles. The molecule has 0 unspecified atom stereocenters. The number of nitrogens with one attached hydrogen (secondary N) is 1. The van der Waals surface area contributed by atoms with E-state index in [0.717, 1.165) is 16.0 Å². The average Bonchev–Trinajstić information content (AvgIpc) is 3.30. The Morgan fingerprint density at radius 1 is 0.941 bits per heavy atom. The highest BCUT2D eigenvalue weighted by Gasteiger charge is 2.38. The molecular weight excluding hydrogens is 650 g/mol. The van der Waals surface area contributed by atoms with E-state index in [1.54, 1.807) is 72.9 Å². The second-order valence-electron chi connectivity index (χ2n) is 14.9. The lowest BCUT2D eigenvalue weighted by Gasteiger charge is -2.28. The van der Waals surface area contributed by atoms with Crippen molar-refractivity contribution in [3.05, 3.63) is 59.3 Å². The molecule has 0 bridgehead atoms. The lowest BCUT2D eigenvalue weighted by Crippen LogP contribution is -2.44. The fourth-order valence-corrected chi connectivity index (χ4v) is 5.73. The van der Waals surface area contributed by atoms with Gasteiger partial charge in [0.15, 0.2) is 11.6 Å². The van der Waals surface area contributed by atoms with Crippen LogP contribution in [0.25, 0.3) is 33.3 Å². The highest BCUT2D eigenvalue weighted by molar-refractivity contribution is 6.22. The summed E-state index contributed by atoms with van der Waals surface area (Å²) in [7, 11) is 3.27. The smallest absolute Gasteiger partial charge is 0.425 e. The molecule has 2 aromatic carbocycles. The maximum absolute atomic E-state index is 14.0. The van der Waals surface area contributed by atoms with Crippen molar-refractivity contribution in [3.63, 3.8) is 0 Å². The molecule has 51 heavy (non-hydrogen) atoms. The topological polar surface area (TPSA) is 155 Å². The zero-order chi connectivity index (χ0) is 38.2. The lowest BCUT2D eigenvalue weighted by molar-refractivity contribution is 0.0429. The molecule has 272 valence electrons. The number of fused-ring (bicyclic) bond motifs is 1. The van der Waals surface area contributed by atoms with Crippen LogP contribution in [-0.2, 0) is 16.5 Å². The largest absolute Gasteiger partial charge is 0.496 e. The Balaban J connectivity index is 2.22. The van der Waals surface area contributed by atoms with Crippen LogP contribution in [0.4, 0.5) is 21.1 Å². The first kappa shape index (κ1) is 38.4. The number of rotatable bonds is 8. The number of carbonyl (C=O) groups is 4. The van der Waals surface area contributed by atoms with E-state index in [2.05, 4.69) is 10.3 Å². The van der Waals surface area contributed by atoms with Crippen LogP contribution in [0.2, 0.25) is 0 Å². The van der Waals surface area contributed by atoms with Crippen LogP contribution >= 0.6 is 0 Å². The van der Waals surface area contributed by atoms with Crippen LogP contribution in [0.3, 0.4) is 0 Å². The van der Waals surface area contributed by atoms with Gasteiger partial charge in [0.2, 0.25) is 0 Å². The molecule has 12 nitrogen and oxygen atoms in total. The number of ketones is 1. The van der Waals surface area contributed by atoms with Gasteiger partial charge in [-0.15, -0.1) is 0 Å². The first-order chi connectivity index (χ1) is 23.6. The summed E-state index contributed by atoms with van der Waals surface area (Å²) >= 11 is 0. The molecule has 3 N–H and O–H groups in total. The number of carbonyl (C=O) groups excluding carboxylic acids is 4. The quantitative estimate of drug-likeness (QED) is 0.137. The third-order valence-electron chi connectivity index (χ3n) is 7.84. The number of amides is 3. The number of anilines is 2. The number of Topliss-reactive ketones (excluding diaryl/α,β-unsaturated/α-hetero) is 1. The molecule has 4 aromatic rings. The molecule has 0 atom stereocenters. The van der Waals surface area contributed by atoms with Crippen LogP contribution in [0.1, 0.15) is 88.6 Å². The maximum Gasteiger partial charge on any atom is 0.425 e. The van der Waals surface area contributed by atoms with E-state index in [4.69, 9.17) is 19.9 Å². The molecular formula is C39H49N5O7. The Hall–Kier alpha value is -5.39. The summed E-state index contributed by atoms with van der Waals surface area (Å²) in [6.07, 6.45) is -0.694. The molecule has 4 rings (SSSR count). The number of benzene rings is 2. The van der Waals surface area contributed by atoms with E-state index < -0.39 is 23.4 Å². The molecule has 2 heterocycles. The number of nitrogens with two attached hydrogens (primary N) is 1. The van der Waals surface area contributed by atoms with Crippen LogP contribution in [0, 0.1) is 12.8 Å². The van der Waals surface area contributed by atoms with Crippen molar-refractivity contribution in [1.29, 1.82) is 0 Å². The molecule has 0 radical (unpaired) electrons. The maximum atomic E-state index is 14.0. The van der Waals surface area contributed by atoms with Gasteiger partial charge in [-0.3, -0.25) is 9.59 Å². The van der Waals surface area contributed by atoms with Gasteiger partial charge in [-0.2, -0.15) is 4.90 Å². The van der Waals surface area contributed by atoms with Gasteiger partial charge in [0.1, 0.15) is 17.0 Å². The summed E-state index contributed by atoms with van der Waals surface area (Å²) in [5.74, 6) is -0.176. The Kier molecular flexibility index (Phi) is 10.9. The Morgan fingerprint density at radius 3 is 2.06 bits per heavy atom. The molecule has 0 aliphatic carbocycles. The zero-order valence-electron chi connectivity index (χ0n) is 31.6. The summed E-state index contributed by atoms with van der Waals surface area (Å²) in [6.45, 7) is 17.9. The Labute approximate surface area is 299 Å². The van der Waals surface area contributed by atoms with Crippen molar-refractivity contribution in [2.75, 3.05) is 24.3 Å². The molecule has 0 saturated carbocycles. The van der Waals surface area contributed by atoms with Gasteiger partial charge < -0.3 is 29.8 Å². The second-order valence-corrected chi connectivity index (χ2v) is 14.9. The normalized spacial score (nSPS) is 11.8. The number of hydrogen-bond donors (Lipinski definition) is 2. The van der Waals surface area contributed by atoms with Crippen LogP contribution in [0.15, 0.2) is 42.6 Å². The van der Waals surface area contributed by atoms with Crippen molar-refractivity contribution >= 4 is 46.3 Å². The van der Waals surface area contributed by atoms with Gasteiger partial charge in [-0.25, -0.2) is 14.6 Å². The number of hydrogen-bond acceptors (Lipinski definition) is 9. The molecule has 2 aromatic heterocycles. The van der Waals surface area contributed by atoms with Gasteiger partial charge in [0, 0.05) is 36.6 Å². The second kappa shape index (κ2) is 14.5. The minimum atomic E-state index is -1.02. The number of aromatic nitrogens is 2. The summed E-state index contributed by atoms with van der Waals surface area (Å²) in [5.41, 5.74) is 9.01. The number of methoxy groups -OCH3 is 1. The van der Waals surface area contributed by atoms with Crippen molar-refractivity contribution < 1.29 is 33.4 Å². The Morgan fingerprint density at radius 2 is 1.55 bits per heavy atom. The lowest BCUT2D eigenvalue weighted by atomic mass is 9.94. The third kappa shape index (κ3) is 8.33. The summed E-state index contributed by atoms with van der Waals surface area (Å²) in [6, 6.07) is 10.6. The minimum Gasteiger partial charge on any atom is -0.496 e. The highest BCUT2D eigenvalue weighted by Crippen LogP contribution is 2.47. The predicted octanol–water partition coefficient (Wildman–Crippen LogP) is 8.07. The van der Waals surface area contributed by atoms with Crippen LogP contribution in [-0.4, -0.2) is 58.3 Å². The van der Waals surface area contributed by atoms with Gasteiger partial charge >= 0.3 is 12.2 Å². The molecule has 0 aliphatic rings. The number of nitrogens with zero attached hydrogens (tertiary/aromatic N) is 3. The monoisotopic (exact) mass is 699 g/mol. The van der Waals surface area contributed by atoms with Crippen molar-refractivity contribution in [2.45, 2.75) is 80.4 Å². The third-order valence-corrected chi connectivity index (χ3v) is 7.84. The number of nitrogen functional groups attached to an aromatic ring is 1. The van der Waals surface area contributed by atoms with Crippen molar-refractivity contribution in [3.8, 4) is 28.1 Å². The zero-order valence-corrected chi connectivity index (χ0v) is 31.6. The van der Waals surface area contributed by atoms with Gasteiger partial charge in [0.05, 0.1) is 34.8 Å². The van der Waals surface area contributed by atoms with Crippen molar-refractivity contribution in [1.82, 2.24) is 14.9 Å². The molecule has 12 heteroatoms. The summed E-state index contributed by atoms with van der Waals surface area (Å²) < 4.78 is 19.0. The molecule has 0 saturated heterocycles. The number of aryl methyl sites for hydroxylation is 2. The average molecular weight is 700 g/mol. The van der Waals surface area contributed by atoms with E-state index in [-0.39, 0.29) is 29.0 Å². The SMILES string of the molecule is COc1cc(-c2c(-c3ccc(N)cc3C)n(C)c3c(C(C)=O)cnc(N(C(=O)OC(C)(C)C)C(=O)OC(C)(C)C)c23)ccc1C(=O)NCC(C)C. The highest BCUT2D eigenvalue weighted by atomic mass is 16.6. The van der Waals surface area contributed by atoms with E-state index in [1.807, 2.05) is 37.5 Å². The molecule has 3 amide bonds. The fourth-order valence-electron chi connectivity index (χ4n) is 5.73.